The molecule has 0 aliphatic rings. The van der Waals surface area contributed by atoms with Crippen LogP contribution in [0.2, 0.25) is 0 Å². The highest BCUT2D eigenvalue weighted by Crippen LogP contribution is 2.25. The number of aryl methyl sites for hydroxylation is 1. The standard InChI is InChI=1S/C14H14IN/c1-10-6-2-3-7-11(10)14(16)12-8-4-5-9-13(12)15/h2-9,14H,16H2,1H3. The van der Waals surface area contributed by atoms with E-state index < -0.39 is 0 Å². The highest BCUT2D eigenvalue weighted by molar-refractivity contribution is 14.1. The highest BCUT2D eigenvalue weighted by atomic mass is 127. The van der Waals surface area contributed by atoms with E-state index >= 15 is 0 Å². The molecule has 0 aliphatic carbocycles. The van der Waals surface area contributed by atoms with Crippen LogP contribution in [0.25, 0.3) is 0 Å². The average molecular weight is 323 g/mol. The van der Waals surface area contributed by atoms with Crippen LogP contribution >= 0.6 is 22.6 Å². The van der Waals surface area contributed by atoms with E-state index in [1.807, 2.05) is 24.3 Å². The van der Waals surface area contributed by atoms with Gasteiger partial charge in [-0.3, -0.25) is 0 Å². The fourth-order valence-corrected chi connectivity index (χ4v) is 2.55. The van der Waals surface area contributed by atoms with E-state index in [4.69, 9.17) is 5.73 Å². The van der Waals surface area contributed by atoms with Crippen LogP contribution in [0.1, 0.15) is 22.7 Å². The molecule has 0 heterocycles. The number of hydrogen-bond donors (Lipinski definition) is 1. The summed E-state index contributed by atoms with van der Waals surface area (Å²) >= 11 is 2.33. The van der Waals surface area contributed by atoms with Crippen molar-refractivity contribution in [2.24, 2.45) is 5.73 Å². The first kappa shape index (κ1) is 11.6. The Balaban J connectivity index is 2.44. The maximum absolute atomic E-state index is 6.31. The lowest BCUT2D eigenvalue weighted by molar-refractivity contribution is 0.856. The zero-order valence-electron chi connectivity index (χ0n) is 9.15. The Bertz CT molecular complexity index is 448. The van der Waals surface area contributed by atoms with Crippen LogP contribution in [0.3, 0.4) is 0 Å². The van der Waals surface area contributed by atoms with E-state index in [9.17, 15) is 0 Å². The second-order valence-corrected chi connectivity index (χ2v) is 5.02. The lowest BCUT2D eigenvalue weighted by atomic mass is 9.96. The van der Waals surface area contributed by atoms with Crippen LogP contribution in [-0.4, -0.2) is 0 Å². The van der Waals surface area contributed by atoms with Crippen LogP contribution in [0.5, 0.6) is 0 Å². The van der Waals surface area contributed by atoms with Crippen molar-refractivity contribution in [3.8, 4) is 0 Å². The molecule has 16 heavy (non-hydrogen) atoms. The van der Waals surface area contributed by atoms with Crippen LogP contribution < -0.4 is 5.73 Å². The molecule has 1 atom stereocenters. The van der Waals surface area contributed by atoms with Gasteiger partial charge in [-0.1, -0.05) is 42.5 Å². The number of benzene rings is 2. The quantitative estimate of drug-likeness (QED) is 0.839. The predicted octanol–water partition coefficient (Wildman–Crippen LogP) is 3.65. The minimum Gasteiger partial charge on any atom is -0.320 e. The van der Waals surface area contributed by atoms with E-state index in [-0.39, 0.29) is 6.04 Å². The summed E-state index contributed by atoms with van der Waals surface area (Å²) in [6.07, 6.45) is 0. The molecule has 2 aromatic carbocycles. The first-order chi connectivity index (χ1) is 7.70. The summed E-state index contributed by atoms with van der Waals surface area (Å²) in [4.78, 5) is 0. The van der Waals surface area contributed by atoms with Gasteiger partial charge in [0.15, 0.2) is 0 Å². The Morgan fingerprint density at radius 1 is 0.938 bits per heavy atom. The Hall–Kier alpha value is -0.870. The van der Waals surface area contributed by atoms with E-state index in [1.54, 1.807) is 0 Å². The third-order valence-electron chi connectivity index (χ3n) is 2.76. The Kier molecular flexibility index (Phi) is 3.61. The maximum atomic E-state index is 6.31. The van der Waals surface area contributed by atoms with Gasteiger partial charge >= 0.3 is 0 Å². The lowest BCUT2D eigenvalue weighted by Gasteiger charge is -2.16. The topological polar surface area (TPSA) is 26.0 Å². The van der Waals surface area contributed by atoms with Gasteiger partial charge in [0.2, 0.25) is 0 Å². The molecule has 82 valence electrons. The lowest BCUT2D eigenvalue weighted by Crippen LogP contribution is -2.14. The molecule has 2 rings (SSSR count). The van der Waals surface area contributed by atoms with Crippen molar-refractivity contribution in [1.82, 2.24) is 0 Å². The summed E-state index contributed by atoms with van der Waals surface area (Å²) in [6.45, 7) is 2.10. The van der Waals surface area contributed by atoms with Gasteiger partial charge in [0.25, 0.3) is 0 Å². The van der Waals surface area contributed by atoms with Crippen LogP contribution in [0, 0.1) is 10.5 Å². The molecule has 0 aliphatic heterocycles. The Morgan fingerprint density at radius 2 is 1.50 bits per heavy atom. The molecule has 0 radical (unpaired) electrons. The molecule has 1 nitrogen and oxygen atoms in total. The molecule has 0 fully saturated rings. The smallest absolute Gasteiger partial charge is 0.0564 e. The van der Waals surface area contributed by atoms with Gasteiger partial charge in [0.05, 0.1) is 6.04 Å². The van der Waals surface area contributed by atoms with Gasteiger partial charge < -0.3 is 5.73 Å². The van der Waals surface area contributed by atoms with Gasteiger partial charge in [-0.15, -0.1) is 0 Å². The molecule has 0 saturated heterocycles. The number of halogens is 1. The van der Waals surface area contributed by atoms with Crippen LogP contribution in [0.15, 0.2) is 48.5 Å². The summed E-state index contributed by atoms with van der Waals surface area (Å²) in [5.41, 5.74) is 9.95. The van der Waals surface area contributed by atoms with E-state index in [1.165, 1.54) is 20.3 Å². The largest absolute Gasteiger partial charge is 0.320 e. The van der Waals surface area contributed by atoms with Crippen LogP contribution in [0.4, 0.5) is 0 Å². The molecule has 0 aromatic heterocycles. The summed E-state index contributed by atoms with van der Waals surface area (Å²) in [7, 11) is 0. The summed E-state index contributed by atoms with van der Waals surface area (Å²) in [5.74, 6) is 0. The number of hydrogen-bond acceptors (Lipinski definition) is 1. The highest BCUT2D eigenvalue weighted by Gasteiger charge is 2.12. The molecule has 0 amide bonds. The van der Waals surface area contributed by atoms with Crippen LogP contribution in [-0.2, 0) is 0 Å². The van der Waals surface area contributed by atoms with Crippen molar-refractivity contribution in [3.05, 3.63) is 68.8 Å². The average Bonchev–Trinajstić information content (AvgIpc) is 2.29. The number of rotatable bonds is 2. The van der Waals surface area contributed by atoms with Crippen molar-refractivity contribution < 1.29 is 0 Å². The normalized spacial score (nSPS) is 12.4. The van der Waals surface area contributed by atoms with Gasteiger partial charge in [-0.25, -0.2) is 0 Å². The fourth-order valence-electron chi connectivity index (χ4n) is 1.83. The van der Waals surface area contributed by atoms with Crippen molar-refractivity contribution in [2.45, 2.75) is 13.0 Å². The number of nitrogens with two attached hydrogens (primary N) is 1. The minimum absolute atomic E-state index is 0.0331. The zero-order valence-corrected chi connectivity index (χ0v) is 11.3. The SMILES string of the molecule is Cc1ccccc1C(N)c1ccccc1I. The molecular formula is C14H14IN. The summed E-state index contributed by atoms with van der Waals surface area (Å²) < 4.78 is 1.22. The van der Waals surface area contributed by atoms with Crippen molar-refractivity contribution in [3.63, 3.8) is 0 Å². The van der Waals surface area contributed by atoms with Gasteiger partial charge in [0, 0.05) is 3.57 Å². The first-order valence-corrected chi connectivity index (χ1v) is 6.33. The third-order valence-corrected chi connectivity index (χ3v) is 3.75. The van der Waals surface area contributed by atoms with Crippen molar-refractivity contribution in [2.75, 3.05) is 0 Å². The molecule has 0 bridgehead atoms. The molecule has 2 N–H and O–H groups in total. The molecule has 0 spiro atoms. The summed E-state index contributed by atoms with van der Waals surface area (Å²) in [5, 5.41) is 0. The Morgan fingerprint density at radius 3 is 2.12 bits per heavy atom. The fraction of sp³-hybridized carbons (Fsp3) is 0.143. The van der Waals surface area contributed by atoms with Gasteiger partial charge in [-0.05, 0) is 52.3 Å². The van der Waals surface area contributed by atoms with Gasteiger partial charge in [-0.2, -0.15) is 0 Å². The third kappa shape index (κ3) is 2.28. The second kappa shape index (κ2) is 4.97. The minimum atomic E-state index is -0.0331. The molecule has 2 aromatic rings. The summed E-state index contributed by atoms with van der Waals surface area (Å²) in [6, 6.07) is 16.5. The van der Waals surface area contributed by atoms with Crippen molar-refractivity contribution >= 4 is 22.6 Å². The Labute approximate surface area is 110 Å². The predicted molar refractivity (Wildman–Crippen MR) is 76.4 cm³/mol. The maximum Gasteiger partial charge on any atom is 0.0564 e. The van der Waals surface area contributed by atoms with Gasteiger partial charge in [0.1, 0.15) is 0 Å². The molecular weight excluding hydrogens is 309 g/mol. The molecule has 0 saturated carbocycles. The molecule has 2 heteroatoms. The zero-order chi connectivity index (χ0) is 11.5. The second-order valence-electron chi connectivity index (χ2n) is 3.86. The van der Waals surface area contributed by atoms with E-state index in [2.05, 4.69) is 53.8 Å². The first-order valence-electron chi connectivity index (χ1n) is 5.25. The molecule has 1 unspecified atom stereocenters. The van der Waals surface area contributed by atoms with Crippen molar-refractivity contribution in [1.29, 1.82) is 0 Å². The van der Waals surface area contributed by atoms with E-state index in [0.717, 1.165) is 0 Å². The van der Waals surface area contributed by atoms with E-state index in [0.29, 0.717) is 0 Å². The monoisotopic (exact) mass is 323 g/mol.